The lowest BCUT2D eigenvalue weighted by Gasteiger charge is -2.24. The third kappa shape index (κ3) is 5.71. The Labute approximate surface area is 212 Å². The zero-order valence-corrected chi connectivity index (χ0v) is 20.3. The van der Waals surface area contributed by atoms with Crippen molar-refractivity contribution in [3.63, 3.8) is 0 Å². The van der Waals surface area contributed by atoms with Crippen molar-refractivity contribution in [3.8, 4) is 23.0 Å². The third-order valence-corrected chi connectivity index (χ3v) is 6.23. The van der Waals surface area contributed by atoms with Gasteiger partial charge in [0.2, 0.25) is 0 Å². The predicted octanol–water partition coefficient (Wildman–Crippen LogP) is 5.53. The first-order valence-electron chi connectivity index (χ1n) is 11.4. The number of carbonyl (C=O) groups is 2. The molecule has 1 aliphatic rings. The number of aliphatic carboxylic acids is 1. The van der Waals surface area contributed by atoms with Gasteiger partial charge in [-0.3, -0.25) is 9.59 Å². The lowest BCUT2D eigenvalue weighted by molar-refractivity contribution is -0.139. The molecule has 7 nitrogen and oxygen atoms in total. The fraction of sp³-hybridized carbons (Fsp3) is 0.259. The second-order valence-electron chi connectivity index (χ2n) is 8.26. The summed E-state index contributed by atoms with van der Waals surface area (Å²) in [4.78, 5) is 24.0. The Morgan fingerprint density at radius 3 is 2.61 bits per heavy atom. The van der Waals surface area contributed by atoms with Gasteiger partial charge in [-0.2, -0.15) is 0 Å². The van der Waals surface area contributed by atoms with Gasteiger partial charge >= 0.3 is 5.97 Å². The second-order valence-corrected chi connectivity index (χ2v) is 8.67. The standard InChI is InChI=1S/C27H25ClFNO6/c1-34-23-12-16(15-29)2-3-17(23)8-10-30-26(31)18-4-6-19(7-5-18)36-25-14-24-21(13-22(25)28)20(27(32)33)9-11-35-24/h2-7,12-14,20H,8-11,15H2,1H3,(H,30,31)(H,32,33). The summed E-state index contributed by atoms with van der Waals surface area (Å²) in [5.74, 6) is -0.0461. The summed E-state index contributed by atoms with van der Waals surface area (Å²) in [5.41, 5.74) is 2.38. The summed E-state index contributed by atoms with van der Waals surface area (Å²) in [5, 5.41) is 12.5. The molecule has 0 aliphatic carbocycles. The number of fused-ring (bicyclic) bond motifs is 1. The van der Waals surface area contributed by atoms with E-state index < -0.39 is 18.6 Å². The molecule has 0 bridgehead atoms. The van der Waals surface area contributed by atoms with E-state index in [9.17, 15) is 19.1 Å². The van der Waals surface area contributed by atoms with Crippen molar-refractivity contribution in [2.45, 2.75) is 25.4 Å². The van der Waals surface area contributed by atoms with E-state index in [4.69, 9.17) is 25.8 Å². The largest absolute Gasteiger partial charge is 0.496 e. The zero-order chi connectivity index (χ0) is 25.7. The summed E-state index contributed by atoms with van der Waals surface area (Å²) >= 11 is 6.34. The Balaban J connectivity index is 1.37. The SMILES string of the molecule is COc1cc(CF)ccc1CCNC(=O)c1ccc(Oc2cc3c(cc2Cl)C(C(=O)O)CCO3)cc1. The number of halogens is 2. The van der Waals surface area contributed by atoms with Gasteiger partial charge in [-0.15, -0.1) is 0 Å². The van der Waals surface area contributed by atoms with Crippen LogP contribution < -0.4 is 19.5 Å². The van der Waals surface area contributed by atoms with Crippen LogP contribution in [0, 0.1) is 0 Å². The van der Waals surface area contributed by atoms with E-state index in [1.807, 2.05) is 0 Å². The number of hydrogen-bond donors (Lipinski definition) is 2. The van der Waals surface area contributed by atoms with Crippen LogP contribution >= 0.6 is 11.6 Å². The number of carboxylic acids is 1. The molecule has 0 fully saturated rings. The first kappa shape index (κ1) is 25.3. The summed E-state index contributed by atoms with van der Waals surface area (Å²) < 4.78 is 29.6. The minimum Gasteiger partial charge on any atom is -0.496 e. The fourth-order valence-electron chi connectivity index (χ4n) is 4.02. The van der Waals surface area contributed by atoms with E-state index in [1.54, 1.807) is 54.6 Å². The molecule has 0 spiro atoms. The second kappa shape index (κ2) is 11.3. The highest BCUT2D eigenvalue weighted by atomic mass is 35.5. The van der Waals surface area contributed by atoms with Crippen LogP contribution in [0.1, 0.15) is 39.4 Å². The van der Waals surface area contributed by atoms with Gasteiger partial charge in [0.15, 0.2) is 0 Å². The molecule has 36 heavy (non-hydrogen) atoms. The van der Waals surface area contributed by atoms with Gasteiger partial charge in [-0.1, -0.05) is 23.7 Å². The fourth-order valence-corrected chi connectivity index (χ4v) is 4.23. The van der Waals surface area contributed by atoms with Crippen LogP contribution in [0.5, 0.6) is 23.0 Å². The normalized spacial score (nSPS) is 14.4. The number of hydrogen-bond acceptors (Lipinski definition) is 5. The molecule has 0 aromatic heterocycles. The molecule has 1 heterocycles. The Bertz CT molecular complexity index is 1260. The molecule has 3 aromatic rings. The highest BCUT2D eigenvalue weighted by molar-refractivity contribution is 6.32. The van der Waals surface area contributed by atoms with Crippen molar-refractivity contribution in [2.24, 2.45) is 0 Å². The van der Waals surface area contributed by atoms with Crippen molar-refractivity contribution in [1.82, 2.24) is 5.32 Å². The van der Waals surface area contributed by atoms with Crippen LogP contribution in [-0.4, -0.2) is 37.2 Å². The van der Waals surface area contributed by atoms with Gasteiger partial charge in [0.25, 0.3) is 5.91 Å². The van der Waals surface area contributed by atoms with Crippen molar-refractivity contribution in [3.05, 3.63) is 81.9 Å². The first-order valence-corrected chi connectivity index (χ1v) is 11.7. The van der Waals surface area contributed by atoms with Crippen LogP contribution in [0.3, 0.4) is 0 Å². The highest BCUT2D eigenvalue weighted by Gasteiger charge is 2.29. The molecule has 0 saturated carbocycles. The van der Waals surface area contributed by atoms with E-state index in [2.05, 4.69) is 5.32 Å². The number of methoxy groups -OCH3 is 1. The quantitative estimate of drug-likeness (QED) is 0.390. The number of alkyl halides is 1. The molecule has 3 aromatic carbocycles. The molecule has 1 amide bonds. The molecule has 1 aliphatic heterocycles. The smallest absolute Gasteiger partial charge is 0.311 e. The molecule has 188 valence electrons. The maximum Gasteiger partial charge on any atom is 0.311 e. The number of rotatable bonds is 9. The molecule has 9 heteroatoms. The molecular weight excluding hydrogens is 489 g/mol. The van der Waals surface area contributed by atoms with E-state index in [0.29, 0.717) is 65.7 Å². The topological polar surface area (TPSA) is 94.1 Å². The maximum absolute atomic E-state index is 12.8. The molecule has 4 rings (SSSR count). The van der Waals surface area contributed by atoms with Crippen molar-refractivity contribution < 1.29 is 33.3 Å². The molecule has 0 radical (unpaired) electrons. The minimum atomic E-state index is -0.924. The average molecular weight is 514 g/mol. The number of carbonyl (C=O) groups excluding carboxylic acids is 1. The maximum atomic E-state index is 12.8. The first-order chi connectivity index (χ1) is 17.4. The lowest BCUT2D eigenvalue weighted by atomic mass is 9.93. The number of amides is 1. The molecule has 0 saturated heterocycles. The van der Waals surface area contributed by atoms with E-state index in [-0.39, 0.29) is 10.9 Å². The van der Waals surface area contributed by atoms with Crippen molar-refractivity contribution in [2.75, 3.05) is 20.3 Å². The van der Waals surface area contributed by atoms with E-state index in [0.717, 1.165) is 5.56 Å². The minimum absolute atomic E-state index is 0.249. The summed E-state index contributed by atoms with van der Waals surface area (Å²) in [6, 6.07) is 14.8. The van der Waals surface area contributed by atoms with Gasteiger partial charge in [-0.25, -0.2) is 4.39 Å². The van der Waals surface area contributed by atoms with Crippen LogP contribution in [0.15, 0.2) is 54.6 Å². The van der Waals surface area contributed by atoms with Crippen LogP contribution in [0.4, 0.5) is 4.39 Å². The highest BCUT2D eigenvalue weighted by Crippen LogP contribution is 2.41. The number of carboxylic acid groups (broad SMARTS) is 1. The molecule has 2 N–H and O–H groups in total. The number of nitrogens with one attached hydrogen (secondary N) is 1. The Hall–Kier alpha value is -3.78. The van der Waals surface area contributed by atoms with Crippen LogP contribution in [0.25, 0.3) is 0 Å². The summed E-state index contributed by atoms with van der Waals surface area (Å²) in [7, 11) is 1.53. The van der Waals surface area contributed by atoms with E-state index >= 15 is 0 Å². The van der Waals surface area contributed by atoms with Crippen molar-refractivity contribution in [1.29, 1.82) is 0 Å². The molecule has 1 atom stereocenters. The van der Waals surface area contributed by atoms with E-state index in [1.165, 1.54) is 7.11 Å². The van der Waals surface area contributed by atoms with Gasteiger partial charge in [0.1, 0.15) is 29.7 Å². The van der Waals surface area contributed by atoms with Gasteiger partial charge in [-0.05, 0) is 60.4 Å². The monoisotopic (exact) mass is 513 g/mol. The summed E-state index contributed by atoms with van der Waals surface area (Å²) in [6.07, 6.45) is 0.908. The number of benzene rings is 3. The Morgan fingerprint density at radius 2 is 1.92 bits per heavy atom. The molecular formula is C27H25ClFNO6. The predicted molar refractivity (Wildman–Crippen MR) is 132 cm³/mol. The number of ether oxygens (including phenoxy) is 3. The van der Waals surface area contributed by atoms with Crippen LogP contribution in [0.2, 0.25) is 5.02 Å². The lowest BCUT2D eigenvalue weighted by Crippen LogP contribution is -2.25. The average Bonchev–Trinajstić information content (AvgIpc) is 2.89. The summed E-state index contributed by atoms with van der Waals surface area (Å²) in [6.45, 7) is 0.111. The van der Waals surface area contributed by atoms with Gasteiger partial charge in [0.05, 0.1) is 24.7 Å². The van der Waals surface area contributed by atoms with Crippen LogP contribution in [-0.2, 0) is 17.9 Å². The third-order valence-electron chi connectivity index (χ3n) is 5.93. The van der Waals surface area contributed by atoms with Gasteiger partial charge in [0, 0.05) is 23.7 Å². The molecule has 1 unspecified atom stereocenters. The van der Waals surface area contributed by atoms with Crippen molar-refractivity contribution >= 4 is 23.5 Å². The zero-order valence-electron chi connectivity index (χ0n) is 19.6. The Morgan fingerprint density at radius 1 is 1.14 bits per heavy atom. The Kier molecular flexibility index (Phi) is 7.95. The van der Waals surface area contributed by atoms with Gasteiger partial charge < -0.3 is 24.6 Å².